The lowest BCUT2D eigenvalue weighted by atomic mass is 10.2. The summed E-state index contributed by atoms with van der Waals surface area (Å²) in [5.41, 5.74) is 0.721. The highest BCUT2D eigenvalue weighted by Crippen LogP contribution is 2.27. The third-order valence-electron chi connectivity index (χ3n) is 1.89. The van der Waals surface area contributed by atoms with E-state index in [2.05, 4.69) is 10.6 Å². The first kappa shape index (κ1) is 8.07. The van der Waals surface area contributed by atoms with Crippen molar-refractivity contribution in [3.05, 3.63) is 24.3 Å². The second-order valence-corrected chi connectivity index (χ2v) is 2.77. The van der Waals surface area contributed by atoms with Crippen LogP contribution < -0.4 is 15.4 Å². The first-order chi connectivity index (χ1) is 6.31. The van der Waals surface area contributed by atoms with E-state index in [4.69, 9.17) is 4.74 Å². The molecule has 1 heterocycles. The maximum atomic E-state index is 11.3. The molecule has 0 fully saturated rings. The maximum Gasteiger partial charge on any atom is 0.281 e. The summed E-state index contributed by atoms with van der Waals surface area (Å²) in [4.78, 5) is 11.3. The molecule has 1 unspecified atom stereocenters. The van der Waals surface area contributed by atoms with Crippen LogP contribution in [0.2, 0.25) is 0 Å². The fraction of sp³-hybridized carbons (Fsp3) is 0.222. The van der Waals surface area contributed by atoms with E-state index < -0.39 is 6.23 Å². The molecule has 2 N–H and O–H groups in total. The summed E-state index contributed by atoms with van der Waals surface area (Å²) in [7, 11) is 1.68. The average molecular weight is 178 g/mol. The number of nitrogens with one attached hydrogen (secondary N) is 2. The Labute approximate surface area is 75.9 Å². The van der Waals surface area contributed by atoms with Gasteiger partial charge in [0, 0.05) is 0 Å². The van der Waals surface area contributed by atoms with Crippen LogP contribution in [0.3, 0.4) is 0 Å². The van der Waals surface area contributed by atoms with Gasteiger partial charge in [0.05, 0.1) is 5.69 Å². The van der Waals surface area contributed by atoms with Crippen LogP contribution in [0.15, 0.2) is 24.3 Å². The number of benzene rings is 1. The van der Waals surface area contributed by atoms with Crippen molar-refractivity contribution in [3.8, 4) is 5.75 Å². The molecule has 1 aromatic carbocycles. The molecule has 0 aliphatic carbocycles. The number of hydrogen-bond acceptors (Lipinski definition) is 3. The summed E-state index contributed by atoms with van der Waals surface area (Å²) in [5.74, 6) is 0.530. The highest BCUT2D eigenvalue weighted by atomic mass is 16.5. The fourth-order valence-corrected chi connectivity index (χ4v) is 1.24. The van der Waals surface area contributed by atoms with E-state index in [0.717, 1.165) is 5.69 Å². The molecule has 0 spiro atoms. The summed E-state index contributed by atoms with van der Waals surface area (Å²) in [6.45, 7) is 0. The quantitative estimate of drug-likeness (QED) is 0.660. The predicted molar refractivity (Wildman–Crippen MR) is 48.5 cm³/mol. The maximum absolute atomic E-state index is 11.3. The Hall–Kier alpha value is -1.55. The Morgan fingerprint density at radius 2 is 2.23 bits per heavy atom. The molecule has 0 aromatic heterocycles. The van der Waals surface area contributed by atoms with Gasteiger partial charge >= 0.3 is 0 Å². The highest BCUT2D eigenvalue weighted by molar-refractivity contribution is 5.97. The smallest absolute Gasteiger partial charge is 0.281 e. The second-order valence-electron chi connectivity index (χ2n) is 2.77. The second kappa shape index (κ2) is 3.06. The van der Waals surface area contributed by atoms with Crippen molar-refractivity contribution >= 4 is 11.6 Å². The molecular formula is C9H10N2O2. The van der Waals surface area contributed by atoms with Gasteiger partial charge in [0.2, 0.25) is 6.23 Å². The number of amides is 1. The molecule has 1 aliphatic heterocycles. The molecule has 1 aromatic rings. The summed E-state index contributed by atoms with van der Waals surface area (Å²) >= 11 is 0. The van der Waals surface area contributed by atoms with Crippen LogP contribution in [0.1, 0.15) is 0 Å². The summed E-state index contributed by atoms with van der Waals surface area (Å²) < 4.78 is 5.37. The van der Waals surface area contributed by atoms with Crippen molar-refractivity contribution in [2.24, 2.45) is 0 Å². The van der Waals surface area contributed by atoms with Gasteiger partial charge in [0.15, 0.2) is 0 Å². The lowest BCUT2D eigenvalue weighted by Crippen LogP contribution is -2.45. The van der Waals surface area contributed by atoms with E-state index in [1.165, 1.54) is 0 Å². The molecule has 1 amide bonds. The lowest BCUT2D eigenvalue weighted by molar-refractivity contribution is -0.124. The van der Waals surface area contributed by atoms with Crippen molar-refractivity contribution in [1.82, 2.24) is 5.32 Å². The third kappa shape index (κ3) is 1.36. The molecular weight excluding hydrogens is 168 g/mol. The topological polar surface area (TPSA) is 50.4 Å². The van der Waals surface area contributed by atoms with E-state index in [0.29, 0.717) is 5.75 Å². The van der Waals surface area contributed by atoms with Gasteiger partial charge in [-0.1, -0.05) is 12.1 Å². The van der Waals surface area contributed by atoms with Gasteiger partial charge in [0.25, 0.3) is 5.91 Å². The average Bonchev–Trinajstić information content (AvgIpc) is 2.17. The Bertz CT molecular complexity index is 338. The number of hydrogen-bond donors (Lipinski definition) is 2. The highest BCUT2D eigenvalue weighted by Gasteiger charge is 2.25. The molecule has 0 saturated carbocycles. The molecule has 0 radical (unpaired) electrons. The number of carbonyl (C=O) groups is 1. The SMILES string of the molecule is CNC1Oc2ccccc2NC1=O. The van der Waals surface area contributed by atoms with Crippen LogP contribution in [0.4, 0.5) is 5.69 Å². The lowest BCUT2D eigenvalue weighted by Gasteiger charge is -2.24. The predicted octanol–water partition coefficient (Wildman–Crippen LogP) is 0.563. The van der Waals surface area contributed by atoms with Crippen molar-refractivity contribution in [2.45, 2.75) is 6.23 Å². The van der Waals surface area contributed by atoms with E-state index in [1.807, 2.05) is 18.2 Å². The number of likely N-dealkylation sites (N-methyl/N-ethyl adjacent to an activating group) is 1. The molecule has 13 heavy (non-hydrogen) atoms. The molecule has 0 bridgehead atoms. The molecule has 4 heteroatoms. The van der Waals surface area contributed by atoms with Crippen LogP contribution in [-0.2, 0) is 4.79 Å². The van der Waals surface area contributed by atoms with E-state index in [1.54, 1.807) is 13.1 Å². The number of rotatable bonds is 1. The minimum Gasteiger partial charge on any atom is -0.464 e. The van der Waals surface area contributed by atoms with Gasteiger partial charge in [-0.15, -0.1) is 0 Å². The molecule has 0 saturated heterocycles. The van der Waals surface area contributed by atoms with Gasteiger partial charge in [-0.3, -0.25) is 10.1 Å². The Morgan fingerprint density at radius 1 is 1.46 bits per heavy atom. The standard InChI is InChI=1S/C9H10N2O2/c1-10-9-8(12)11-6-4-2-3-5-7(6)13-9/h2-5,9-10H,1H3,(H,11,12). The van der Waals surface area contributed by atoms with Crippen LogP contribution in [0.5, 0.6) is 5.75 Å². The number of anilines is 1. The van der Waals surface area contributed by atoms with Gasteiger partial charge in [-0.2, -0.15) is 0 Å². The van der Waals surface area contributed by atoms with Crippen LogP contribution in [-0.4, -0.2) is 19.2 Å². The monoisotopic (exact) mass is 178 g/mol. The molecule has 68 valence electrons. The Morgan fingerprint density at radius 3 is 3.00 bits per heavy atom. The Balaban J connectivity index is 2.33. The van der Waals surface area contributed by atoms with Crippen molar-refractivity contribution in [2.75, 3.05) is 12.4 Å². The van der Waals surface area contributed by atoms with Crippen molar-refractivity contribution in [1.29, 1.82) is 0 Å². The normalized spacial score (nSPS) is 20.1. The number of ether oxygens (including phenoxy) is 1. The van der Waals surface area contributed by atoms with E-state index in [-0.39, 0.29) is 5.91 Å². The number of carbonyl (C=O) groups excluding carboxylic acids is 1. The fourth-order valence-electron chi connectivity index (χ4n) is 1.24. The minimum absolute atomic E-state index is 0.166. The van der Waals surface area contributed by atoms with Gasteiger partial charge in [-0.25, -0.2) is 0 Å². The van der Waals surface area contributed by atoms with E-state index >= 15 is 0 Å². The van der Waals surface area contributed by atoms with Crippen LogP contribution in [0.25, 0.3) is 0 Å². The first-order valence-corrected chi connectivity index (χ1v) is 4.05. The number of para-hydroxylation sites is 2. The first-order valence-electron chi connectivity index (χ1n) is 4.05. The van der Waals surface area contributed by atoms with Crippen molar-refractivity contribution < 1.29 is 9.53 Å². The summed E-state index contributed by atoms with van der Waals surface area (Å²) in [5, 5.41) is 5.49. The van der Waals surface area contributed by atoms with E-state index in [9.17, 15) is 4.79 Å². The van der Waals surface area contributed by atoms with Crippen molar-refractivity contribution in [3.63, 3.8) is 0 Å². The Kier molecular flexibility index (Phi) is 1.90. The number of fused-ring (bicyclic) bond motifs is 1. The van der Waals surface area contributed by atoms with Gasteiger partial charge in [-0.05, 0) is 19.2 Å². The van der Waals surface area contributed by atoms with Gasteiger partial charge in [0.1, 0.15) is 5.75 Å². The third-order valence-corrected chi connectivity index (χ3v) is 1.89. The zero-order valence-electron chi connectivity index (χ0n) is 7.20. The molecule has 4 nitrogen and oxygen atoms in total. The zero-order chi connectivity index (χ0) is 9.26. The molecule has 1 aliphatic rings. The minimum atomic E-state index is -0.588. The summed E-state index contributed by atoms with van der Waals surface area (Å²) in [6, 6.07) is 7.34. The molecule has 1 atom stereocenters. The zero-order valence-corrected chi connectivity index (χ0v) is 7.20. The van der Waals surface area contributed by atoms with Crippen LogP contribution in [0, 0.1) is 0 Å². The van der Waals surface area contributed by atoms with Gasteiger partial charge < -0.3 is 10.1 Å². The molecule has 2 rings (SSSR count). The summed E-state index contributed by atoms with van der Waals surface area (Å²) in [6.07, 6.45) is -0.588. The largest absolute Gasteiger partial charge is 0.464 e. The van der Waals surface area contributed by atoms with Crippen LogP contribution >= 0.6 is 0 Å².